The number of amides is 2. The van der Waals surface area contributed by atoms with Crippen molar-refractivity contribution in [1.29, 1.82) is 0 Å². The second-order valence-corrected chi connectivity index (χ2v) is 5.44. The molecule has 19 heavy (non-hydrogen) atoms. The lowest BCUT2D eigenvalue weighted by Gasteiger charge is -2.17. The van der Waals surface area contributed by atoms with E-state index in [-0.39, 0.29) is 23.9 Å². The van der Waals surface area contributed by atoms with Crippen molar-refractivity contribution in [1.82, 2.24) is 16.0 Å². The Kier molecular flexibility index (Phi) is 6.84. The minimum Gasteiger partial charge on any atom is -0.353 e. The van der Waals surface area contributed by atoms with E-state index in [0.717, 1.165) is 25.7 Å². The van der Waals surface area contributed by atoms with Crippen LogP contribution in [0.25, 0.3) is 0 Å². The predicted octanol–water partition coefficient (Wildman–Crippen LogP) is 0.938. The molecule has 2 amide bonds. The van der Waals surface area contributed by atoms with Gasteiger partial charge in [-0.15, -0.1) is 0 Å². The van der Waals surface area contributed by atoms with Crippen LogP contribution in [0.1, 0.15) is 52.9 Å². The molecule has 0 saturated heterocycles. The Balaban J connectivity index is 2.03. The molecule has 110 valence electrons. The molecular formula is C14H27N3O2. The van der Waals surface area contributed by atoms with Crippen LogP contribution in [0.4, 0.5) is 0 Å². The van der Waals surface area contributed by atoms with Gasteiger partial charge in [0.05, 0.1) is 6.04 Å². The van der Waals surface area contributed by atoms with Crippen LogP contribution in [-0.2, 0) is 9.59 Å². The normalized spacial score (nSPS) is 17.6. The number of rotatable bonds is 9. The Morgan fingerprint density at radius 2 is 1.95 bits per heavy atom. The Labute approximate surface area is 115 Å². The van der Waals surface area contributed by atoms with Gasteiger partial charge in [-0.05, 0) is 46.1 Å². The van der Waals surface area contributed by atoms with Gasteiger partial charge in [0.1, 0.15) is 0 Å². The van der Waals surface area contributed by atoms with Crippen molar-refractivity contribution in [2.75, 3.05) is 6.54 Å². The van der Waals surface area contributed by atoms with Crippen molar-refractivity contribution in [2.45, 2.75) is 71.0 Å². The molecule has 3 N–H and O–H groups in total. The van der Waals surface area contributed by atoms with Crippen molar-refractivity contribution in [3.8, 4) is 0 Å². The Hall–Kier alpha value is -1.10. The van der Waals surface area contributed by atoms with Crippen LogP contribution >= 0.6 is 0 Å². The van der Waals surface area contributed by atoms with Gasteiger partial charge in [0.2, 0.25) is 11.8 Å². The summed E-state index contributed by atoms with van der Waals surface area (Å²) in [4.78, 5) is 23.2. The van der Waals surface area contributed by atoms with E-state index in [9.17, 15) is 9.59 Å². The molecular weight excluding hydrogens is 242 g/mol. The van der Waals surface area contributed by atoms with Crippen molar-refractivity contribution < 1.29 is 9.59 Å². The first-order valence-electron chi connectivity index (χ1n) is 7.36. The highest BCUT2D eigenvalue weighted by molar-refractivity contribution is 5.81. The summed E-state index contributed by atoms with van der Waals surface area (Å²) < 4.78 is 0. The first-order valence-corrected chi connectivity index (χ1v) is 7.36. The van der Waals surface area contributed by atoms with Crippen molar-refractivity contribution in [3.05, 3.63) is 0 Å². The second kappa shape index (κ2) is 8.15. The van der Waals surface area contributed by atoms with E-state index in [1.807, 2.05) is 20.8 Å². The van der Waals surface area contributed by atoms with Crippen LogP contribution in [0.2, 0.25) is 0 Å². The van der Waals surface area contributed by atoms with E-state index in [0.29, 0.717) is 19.0 Å². The monoisotopic (exact) mass is 269 g/mol. The number of carbonyl (C=O) groups excluding carboxylic acids is 2. The minimum absolute atomic E-state index is 0.0248. The molecule has 2 atom stereocenters. The molecule has 1 rings (SSSR count). The summed E-state index contributed by atoms with van der Waals surface area (Å²) in [5.74, 6) is 0.151. The topological polar surface area (TPSA) is 70.2 Å². The molecule has 0 bridgehead atoms. The molecule has 0 aromatic carbocycles. The first kappa shape index (κ1) is 16.0. The lowest BCUT2D eigenvalue weighted by atomic mass is 10.2. The fourth-order valence-corrected chi connectivity index (χ4v) is 1.66. The van der Waals surface area contributed by atoms with Gasteiger partial charge in [0.25, 0.3) is 0 Å². The molecule has 0 aromatic rings. The maximum Gasteiger partial charge on any atom is 0.237 e. The second-order valence-electron chi connectivity index (χ2n) is 5.44. The number of nitrogens with one attached hydrogen (secondary N) is 3. The summed E-state index contributed by atoms with van der Waals surface area (Å²) in [7, 11) is 0. The van der Waals surface area contributed by atoms with Crippen LogP contribution in [0.15, 0.2) is 0 Å². The van der Waals surface area contributed by atoms with Crippen LogP contribution in [-0.4, -0.2) is 36.5 Å². The molecule has 1 aliphatic rings. The quantitative estimate of drug-likeness (QED) is 0.546. The largest absolute Gasteiger partial charge is 0.353 e. The minimum atomic E-state index is -0.208. The Morgan fingerprint density at radius 1 is 1.26 bits per heavy atom. The average Bonchev–Trinajstić information content (AvgIpc) is 3.17. The smallest absolute Gasteiger partial charge is 0.237 e. The van der Waals surface area contributed by atoms with E-state index < -0.39 is 0 Å². The fourth-order valence-electron chi connectivity index (χ4n) is 1.66. The molecule has 2 unspecified atom stereocenters. The van der Waals surface area contributed by atoms with Crippen molar-refractivity contribution >= 4 is 11.8 Å². The summed E-state index contributed by atoms with van der Waals surface area (Å²) in [6.45, 7) is 6.57. The SMILES string of the molecule is CCC(C)NC(=O)C(C)NCCCC(=O)NC1CC1. The van der Waals surface area contributed by atoms with Crippen LogP contribution in [0.5, 0.6) is 0 Å². The van der Waals surface area contributed by atoms with Gasteiger partial charge in [0.15, 0.2) is 0 Å². The third kappa shape index (κ3) is 7.15. The van der Waals surface area contributed by atoms with Gasteiger partial charge in [-0.3, -0.25) is 9.59 Å². The van der Waals surface area contributed by atoms with Crippen LogP contribution in [0, 0.1) is 0 Å². The van der Waals surface area contributed by atoms with Crippen molar-refractivity contribution in [2.24, 2.45) is 0 Å². The number of hydrogen-bond donors (Lipinski definition) is 3. The van der Waals surface area contributed by atoms with E-state index in [1.165, 1.54) is 0 Å². The van der Waals surface area contributed by atoms with E-state index in [4.69, 9.17) is 0 Å². The molecule has 0 aliphatic heterocycles. The first-order chi connectivity index (χ1) is 9.02. The van der Waals surface area contributed by atoms with Crippen molar-refractivity contribution in [3.63, 3.8) is 0 Å². The third-order valence-corrected chi connectivity index (χ3v) is 3.37. The zero-order valence-corrected chi connectivity index (χ0v) is 12.3. The van der Waals surface area contributed by atoms with Gasteiger partial charge in [-0.2, -0.15) is 0 Å². The Bertz CT molecular complexity index is 303. The molecule has 1 saturated carbocycles. The zero-order chi connectivity index (χ0) is 14.3. The number of hydrogen-bond acceptors (Lipinski definition) is 3. The summed E-state index contributed by atoms with van der Waals surface area (Å²) in [5.41, 5.74) is 0. The molecule has 1 fully saturated rings. The summed E-state index contributed by atoms with van der Waals surface area (Å²) in [6, 6.07) is 0.433. The van der Waals surface area contributed by atoms with E-state index in [1.54, 1.807) is 0 Å². The van der Waals surface area contributed by atoms with Gasteiger partial charge in [-0.25, -0.2) is 0 Å². The van der Waals surface area contributed by atoms with Gasteiger partial charge >= 0.3 is 0 Å². The summed E-state index contributed by atoms with van der Waals surface area (Å²) in [6.07, 6.45) is 4.47. The maximum atomic E-state index is 11.7. The van der Waals surface area contributed by atoms with Crippen LogP contribution in [0.3, 0.4) is 0 Å². The highest BCUT2D eigenvalue weighted by Crippen LogP contribution is 2.18. The summed E-state index contributed by atoms with van der Waals surface area (Å²) >= 11 is 0. The van der Waals surface area contributed by atoms with Gasteiger partial charge in [-0.1, -0.05) is 6.92 Å². The fraction of sp³-hybridized carbons (Fsp3) is 0.857. The van der Waals surface area contributed by atoms with Gasteiger partial charge < -0.3 is 16.0 Å². The lowest BCUT2D eigenvalue weighted by Crippen LogP contribution is -2.45. The number of carbonyl (C=O) groups is 2. The van der Waals surface area contributed by atoms with E-state index in [2.05, 4.69) is 16.0 Å². The lowest BCUT2D eigenvalue weighted by molar-refractivity contribution is -0.123. The highest BCUT2D eigenvalue weighted by Gasteiger charge is 2.22. The molecule has 5 nitrogen and oxygen atoms in total. The molecule has 5 heteroatoms. The Morgan fingerprint density at radius 3 is 2.53 bits per heavy atom. The molecule has 0 heterocycles. The standard InChI is InChI=1S/C14H27N3O2/c1-4-10(2)16-14(19)11(3)15-9-5-6-13(18)17-12-7-8-12/h10-12,15H,4-9H2,1-3H3,(H,16,19)(H,17,18). The highest BCUT2D eigenvalue weighted by atomic mass is 16.2. The summed E-state index contributed by atoms with van der Waals surface area (Å²) in [5, 5.41) is 9.03. The zero-order valence-electron chi connectivity index (χ0n) is 12.3. The van der Waals surface area contributed by atoms with Crippen LogP contribution < -0.4 is 16.0 Å². The third-order valence-electron chi connectivity index (χ3n) is 3.37. The molecule has 0 spiro atoms. The molecule has 1 aliphatic carbocycles. The predicted molar refractivity (Wildman–Crippen MR) is 75.8 cm³/mol. The maximum absolute atomic E-state index is 11.7. The average molecular weight is 269 g/mol. The van der Waals surface area contributed by atoms with Gasteiger partial charge in [0, 0.05) is 18.5 Å². The van der Waals surface area contributed by atoms with E-state index >= 15 is 0 Å². The molecule has 0 aromatic heterocycles. The molecule has 0 radical (unpaired) electrons.